The van der Waals surface area contributed by atoms with Crippen LogP contribution in [0.4, 0.5) is 17.2 Å². The summed E-state index contributed by atoms with van der Waals surface area (Å²) in [5.41, 5.74) is 0.931. The monoisotopic (exact) mass is 390 g/mol. The maximum absolute atomic E-state index is 12.5. The van der Waals surface area contributed by atoms with E-state index >= 15 is 0 Å². The normalized spacial score (nSPS) is 10.7. The van der Waals surface area contributed by atoms with Crippen LogP contribution in [0.5, 0.6) is 5.75 Å². The Bertz CT molecular complexity index is 1220. The molecule has 2 aromatic carbocycles. The molecule has 4 rings (SSSR count). The fourth-order valence-electron chi connectivity index (χ4n) is 2.82. The highest BCUT2D eigenvalue weighted by Gasteiger charge is 2.13. The van der Waals surface area contributed by atoms with E-state index in [9.17, 15) is 9.59 Å². The lowest BCUT2D eigenvalue weighted by Crippen LogP contribution is -2.28. The van der Waals surface area contributed by atoms with Gasteiger partial charge in [-0.25, -0.2) is 13.9 Å². The molecule has 0 saturated carbocycles. The van der Waals surface area contributed by atoms with Gasteiger partial charge >= 0.3 is 5.69 Å². The maximum atomic E-state index is 12.5. The Balaban J connectivity index is 1.54. The molecule has 1 amide bonds. The van der Waals surface area contributed by atoms with Gasteiger partial charge in [0.2, 0.25) is 5.91 Å². The second-order valence-electron chi connectivity index (χ2n) is 6.16. The number of hydrogen-bond donors (Lipinski definition) is 2. The Morgan fingerprint density at radius 3 is 2.62 bits per heavy atom. The van der Waals surface area contributed by atoms with E-state index in [1.807, 2.05) is 30.3 Å². The fraction of sp³-hybridized carbons (Fsp3) is 0.100. The molecule has 29 heavy (non-hydrogen) atoms. The molecule has 9 nitrogen and oxygen atoms in total. The average Bonchev–Trinajstić information content (AvgIpc) is 3.03. The molecule has 0 unspecified atom stereocenters. The molecule has 2 N–H and O–H groups in total. The summed E-state index contributed by atoms with van der Waals surface area (Å²) in [5, 5.41) is 10.0. The first-order valence-electron chi connectivity index (χ1n) is 8.85. The molecule has 0 aliphatic carbocycles. The quantitative estimate of drug-likeness (QED) is 0.524. The van der Waals surface area contributed by atoms with Crippen LogP contribution in [-0.2, 0) is 11.3 Å². The number of nitrogens with zero attached hydrogens (tertiary/aromatic N) is 4. The van der Waals surface area contributed by atoms with E-state index in [4.69, 9.17) is 4.74 Å². The summed E-state index contributed by atoms with van der Waals surface area (Å²) in [7, 11) is 1.52. The summed E-state index contributed by atoms with van der Waals surface area (Å²) < 4.78 is 7.56. The SMILES string of the molecule is COc1ccccc1NC(=O)Cn1nc2nc(Nc3ccccc3)ccn2c1=O. The fourth-order valence-corrected chi connectivity index (χ4v) is 2.82. The van der Waals surface area contributed by atoms with Crippen LogP contribution in [0.15, 0.2) is 71.7 Å². The number of fused-ring (bicyclic) bond motifs is 1. The first-order valence-corrected chi connectivity index (χ1v) is 8.85. The topological polar surface area (TPSA) is 103 Å². The van der Waals surface area contributed by atoms with Crippen molar-refractivity contribution in [1.82, 2.24) is 19.2 Å². The minimum atomic E-state index is -0.450. The molecular formula is C20H18N6O3. The van der Waals surface area contributed by atoms with Crippen LogP contribution in [0.25, 0.3) is 5.78 Å². The van der Waals surface area contributed by atoms with Gasteiger partial charge in [-0.3, -0.25) is 4.79 Å². The highest BCUT2D eigenvalue weighted by atomic mass is 16.5. The number of nitrogens with one attached hydrogen (secondary N) is 2. The first-order chi connectivity index (χ1) is 14.1. The standard InChI is InChI=1S/C20H18N6O3/c1-29-16-10-6-5-9-15(16)22-18(27)13-26-20(28)25-12-11-17(23-19(25)24-26)21-14-7-3-2-4-8-14/h2-12H,13H2,1H3,(H,22,27)(H,21,23,24). The van der Waals surface area contributed by atoms with Gasteiger partial charge < -0.3 is 15.4 Å². The summed E-state index contributed by atoms with van der Waals surface area (Å²) in [6.07, 6.45) is 1.57. The zero-order chi connectivity index (χ0) is 20.2. The molecule has 0 aliphatic heterocycles. The lowest BCUT2D eigenvalue weighted by molar-refractivity contribution is -0.117. The summed E-state index contributed by atoms with van der Waals surface area (Å²) in [6, 6.07) is 18.2. The number of anilines is 3. The van der Waals surface area contributed by atoms with Gasteiger partial charge in [-0.15, -0.1) is 5.10 Å². The number of para-hydroxylation sites is 3. The van der Waals surface area contributed by atoms with Crippen molar-refractivity contribution in [3.05, 3.63) is 77.3 Å². The van der Waals surface area contributed by atoms with Crippen LogP contribution in [0.3, 0.4) is 0 Å². The van der Waals surface area contributed by atoms with Gasteiger partial charge in [0.1, 0.15) is 18.1 Å². The molecule has 2 aromatic heterocycles. The zero-order valence-electron chi connectivity index (χ0n) is 15.6. The van der Waals surface area contributed by atoms with Crippen LogP contribution in [0.1, 0.15) is 0 Å². The van der Waals surface area contributed by atoms with E-state index in [-0.39, 0.29) is 12.3 Å². The molecule has 0 atom stereocenters. The van der Waals surface area contributed by atoms with Crippen LogP contribution in [-0.4, -0.2) is 32.2 Å². The first kappa shape index (κ1) is 18.2. The number of benzene rings is 2. The van der Waals surface area contributed by atoms with E-state index in [0.717, 1.165) is 10.4 Å². The van der Waals surface area contributed by atoms with Gasteiger partial charge in [0.25, 0.3) is 5.78 Å². The molecule has 0 radical (unpaired) electrons. The third-order valence-electron chi connectivity index (χ3n) is 4.18. The molecule has 2 heterocycles. The number of hydrogen-bond acceptors (Lipinski definition) is 6. The molecule has 4 aromatic rings. The minimum absolute atomic E-state index is 0.195. The average molecular weight is 390 g/mol. The van der Waals surface area contributed by atoms with Gasteiger partial charge in [0.05, 0.1) is 12.8 Å². The van der Waals surface area contributed by atoms with E-state index in [1.54, 1.807) is 36.5 Å². The number of carbonyl (C=O) groups is 1. The number of amides is 1. The van der Waals surface area contributed by atoms with Crippen LogP contribution < -0.4 is 21.1 Å². The third-order valence-corrected chi connectivity index (χ3v) is 4.18. The highest BCUT2D eigenvalue weighted by Crippen LogP contribution is 2.22. The van der Waals surface area contributed by atoms with Gasteiger partial charge in [-0.2, -0.15) is 4.98 Å². The summed E-state index contributed by atoms with van der Waals surface area (Å²) in [5.74, 6) is 0.865. The summed E-state index contributed by atoms with van der Waals surface area (Å²) in [6.45, 7) is -0.248. The van der Waals surface area contributed by atoms with E-state index in [2.05, 4.69) is 20.7 Å². The number of aromatic nitrogens is 4. The molecule has 0 spiro atoms. The zero-order valence-corrected chi connectivity index (χ0v) is 15.6. The molecule has 0 fully saturated rings. The Morgan fingerprint density at radius 1 is 1.07 bits per heavy atom. The van der Waals surface area contributed by atoms with Crippen molar-refractivity contribution in [2.45, 2.75) is 6.54 Å². The summed E-state index contributed by atoms with van der Waals surface area (Å²) >= 11 is 0. The van der Waals surface area contributed by atoms with Crippen molar-refractivity contribution in [1.29, 1.82) is 0 Å². The largest absolute Gasteiger partial charge is 0.495 e. The van der Waals surface area contributed by atoms with E-state index < -0.39 is 11.6 Å². The van der Waals surface area contributed by atoms with Crippen molar-refractivity contribution >= 4 is 28.9 Å². The molecule has 146 valence electrons. The van der Waals surface area contributed by atoms with Crippen LogP contribution in [0, 0.1) is 0 Å². The molecule has 0 bridgehead atoms. The second-order valence-corrected chi connectivity index (χ2v) is 6.16. The Hall–Kier alpha value is -4.14. The Kier molecular flexibility index (Phi) is 4.93. The van der Waals surface area contributed by atoms with Crippen molar-refractivity contribution in [2.75, 3.05) is 17.7 Å². The third kappa shape index (κ3) is 3.93. The summed E-state index contributed by atoms with van der Waals surface area (Å²) in [4.78, 5) is 29.2. The Morgan fingerprint density at radius 2 is 1.83 bits per heavy atom. The molecular weight excluding hydrogens is 372 g/mol. The van der Waals surface area contributed by atoms with Crippen molar-refractivity contribution in [3.8, 4) is 5.75 Å². The van der Waals surface area contributed by atoms with Crippen LogP contribution in [0.2, 0.25) is 0 Å². The van der Waals surface area contributed by atoms with Gasteiger partial charge in [0.15, 0.2) is 0 Å². The van der Waals surface area contributed by atoms with Crippen LogP contribution >= 0.6 is 0 Å². The van der Waals surface area contributed by atoms with E-state index in [0.29, 0.717) is 17.3 Å². The van der Waals surface area contributed by atoms with Crippen molar-refractivity contribution < 1.29 is 9.53 Å². The number of carbonyl (C=O) groups excluding carboxylic acids is 1. The molecule has 0 aliphatic rings. The number of methoxy groups -OCH3 is 1. The Labute approximate surface area is 165 Å². The number of ether oxygens (including phenoxy) is 1. The smallest absolute Gasteiger partial charge is 0.352 e. The minimum Gasteiger partial charge on any atom is -0.495 e. The van der Waals surface area contributed by atoms with Gasteiger partial charge in [0, 0.05) is 11.9 Å². The number of rotatable bonds is 6. The van der Waals surface area contributed by atoms with Gasteiger partial charge in [-0.1, -0.05) is 30.3 Å². The predicted octanol–water partition coefficient (Wildman–Crippen LogP) is 2.28. The van der Waals surface area contributed by atoms with Crippen molar-refractivity contribution in [2.24, 2.45) is 0 Å². The van der Waals surface area contributed by atoms with Gasteiger partial charge in [-0.05, 0) is 30.3 Å². The second kappa shape index (κ2) is 7.85. The molecule has 9 heteroatoms. The highest BCUT2D eigenvalue weighted by molar-refractivity contribution is 5.92. The lowest BCUT2D eigenvalue weighted by Gasteiger charge is -2.09. The maximum Gasteiger partial charge on any atom is 0.352 e. The van der Waals surface area contributed by atoms with Crippen molar-refractivity contribution in [3.63, 3.8) is 0 Å². The lowest BCUT2D eigenvalue weighted by atomic mass is 10.3. The molecule has 0 saturated heterocycles. The van der Waals surface area contributed by atoms with E-state index in [1.165, 1.54) is 11.5 Å². The predicted molar refractivity (Wildman–Crippen MR) is 109 cm³/mol.